The molecule has 102 valence electrons. The maximum absolute atomic E-state index is 13.0. The van der Waals surface area contributed by atoms with Gasteiger partial charge in [0.25, 0.3) is 0 Å². The van der Waals surface area contributed by atoms with Gasteiger partial charge in [-0.05, 0) is 43.6 Å². The van der Waals surface area contributed by atoms with Crippen LogP contribution in [0.5, 0.6) is 0 Å². The van der Waals surface area contributed by atoms with Crippen LogP contribution in [0, 0.1) is 12.3 Å². The smallest absolute Gasteiger partial charge is 0.257 e. The van der Waals surface area contributed by atoms with Crippen LogP contribution in [0.15, 0.2) is 6.20 Å². The molecular weight excluding hydrogens is 241 g/mol. The molecule has 1 fully saturated rings. The van der Waals surface area contributed by atoms with Crippen LogP contribution in [0.4, 0.5) is 13.2 Å². The number of alkyl halides is 3. The SMILES string of the molecule is Cc1cnn(C2CCC(C)(C)CC2)c1C(F)(F)F. The van der Waals surface area contributed by atoms with E-state index in [0.29, 0.717) is 0 Å². The van der Waals surface area contributed by atoms with E-state index in [4.69, 9.17) is 0 Å². The molecule has 0 N–H and O–H groups in total. The zero-order valence-electron chi connectivity index (χ0n) is 11.0. The van der Waals surface area contributed by atoms with Gasteiger partial charge in [-0.2, -0.15) is 18.3 Å². The summed E-state index contributed by atoms with van der Waals surface area (Å²) < 4.78 is 40.2. The van der Waals surface area contributed by atoms with Crippen LogP contribution in [-0.2, 0) is 6.18 Å². The maximum atomic E-state index is 13.0. The van der Waals surface area contributed by atoms with Crippen LogP contribution < -0.4 is 0 Å². The summed E-state index contributed by atoms with van der Waals surface area (Å²) >= 11 is 0. The van der Waals surface area contributed by atoms with Gasteiger partial charge in [0.1, 0.15) is 5.69 Å². The topological polar surface area (TPSA) is 17.8 Å². The van der Waals surface area contributed by atoms with Gasteiger partial charge in [-0.1, -0.05) is 13.8 Å². The second-order valence-electron chi connectivity index (χ2n) is 6.01. The first-order chi connectivity index (χ1) is 8.21. The Bertz CT molecular complexity index is 422. The van der Waals surface area contributed by atoms with Gasteiger partial charge in [0.2, 0.25) is 0 Å². The van der Waals surface area contributed by atoms with Gasteiger partial charge in [-0.3, -0.25) is 4.68 Å². The van der Waals surface area contributed by atoms with Crippen LogP contribution in [-0.4, -0.2) is 9.78 Å². The fraction of sp³-hybridized carbons (Fsp3) is 0.769. The predicted molar refractivity (Wildman–Crippen MR) is 63.3 cm³/mol. The van der Waals surface area contributed by atoms with E-state index < -0.39 is 11.9 Å². The summed E-state index contributed by atoms with van der Waals surface area (Å²) in [6, 6.07) is -0.108. The van der Waals surface area contributed by atoms with Gasteiger partial charge < -0.3 is 0 Å². The lowest BCUT2D eigenvalue weighted by molar-refractivity contribution is -0.145. The molecule has 18 heavy (non-hydrogen) atoms. The van der Waals surface area contributed by atoms with Crippen LogP contribution in [0.25, 0.3) is 0 Å². The Labute approximate surface area is 105 Å². The fourth-order valence-corrected chi connectivity index (χ4v) is 2.71. The van der Waals surface area contributed by atoms with E-state index in [2.05, 4.69) is 18.9 Å². The summed E-state index contributed by atoms with van der Waals surface area (Å²) in [6.07, 6.45) is 0.465. The zero-order valence-corrected chi connectivity index (χ0v) is 11.0. The molecule has 0 saturated heterocycles. The van der Waals surface area contributed by atoms with Crippen molar-refractivity contribution in [2.75, 3.05) is 0 Å². The molecule has 0 aromatic carbocycles. The van der Waals surface area contributed by atoms with Gasteiger partial charge in [0.15, 0.2) is 0 Å². The molecule has 1 saturated carbocycles. The Morgan fingerprint density at radius 3 is 2.33 bits per heavy atom. The number of nitrogens with zero attached hydrogens (tertiary/aromatic N) is 2. The Hall–Kier alpha value is -1.00. The minimum Gasteiger partial charge on any atom is -0.257 e. The maximum Gasteiger partial charge on any atom is 0.433 e. The molecule has 1 heterocycles. The van der Waals surface area contributed by atoms with Crippen molar-refractivity contribution in [3.8, 4) is 0 Å². The Balaban J connectivity index is 2.25. The summed E-state index contributed by atoms with van der Waals surface area (Å²) in [4.78, 5) is 0. The van der Waals surface area contributed by atoms with E-state index in [1.165, 1.54) is 17.8 Å². The molecule has 1 aromatic rings. The van der Waals surface area contributed by atoms with E-state index in [0.717, 1.165) is 25.7 Å². The van der Waals surface area contributed by atoms with Crippen LogP contribution in [0.3, 0.4) is 0 Å². The van der Waals surface area contributed by atoms with Crippen molar-refractivity contribution in [1.82, 2.24) is 9.78 Å². The molecular formula is C13H19F3N2. The van der Waals surface area contributed by atoms with Crippen LogP contribution in [0.2, 0.25) is 0 Å². The highest BCUT2D eigenvalue weighted by Gasteiger charge is 2.39. The van der Waals surface area contributed by atoms with Crippen molar-refractivity contribution in [2.45, 2.75) is 58.7 Å². The highest BCUT2D eigenvalue weighted by Crippen LogP contribution is 2.42. The first-order valence-corrected chi connectivity index (χ1v) is 6.32. The van der Waals surface area contributed by atoms with Crippen LogP contribution in [0.1, 0.15) is 56.8 Å². The summed E-state index contributed by atoms with van der Waals surface area (Å²) in [5.41, 5.74) is -0.114. The van der Waals surface area contributed by atoms with Crippen molar-refractivity contribution < 1.29 is 13.2 Å². The molecule has 0 aliphatic heterocycles. The third-order valence-electron chi connectivity index (χ3n) is 3.90. The molecule has 1 aliphatic carbocycles. The van der Waals surface area contributed by atoms with Crippen molar-refractivity contribution in [2.24, 2.45) is 5.41 Å². The summed E-state index contributed by atoms with van der Waals surface area (Å²) in [5, 5.41) is 3.95. The molecule has 0 spiro atoms. The van der Waals surface area contributed by atoms with Gasteiger partial charge in [0.05, 0.1) is 12.2 Å². The molecule has 0 amide bonds. The monoisotopic (exact) mass is 260 g/mol. The molecule has 2 nitrogen and oxygen atoms in total. The minimum atomic E-state index is -4.31. The Kier molecular flexibility index (Phi) is 3.19. The first kappa shape index (κ1) is 13.4. The number of halogens is 3. The van der Waals surface area contributed by atoms with Gasteiger partial charge >= 0.3 is 6.18 Å². The third kappa shape index (κ3) is 2.54. The molecule has 1 aromatic heterocycles. The molecule has 0 bridgehead atoms. The summed E-state index contributed by atoms with van der Waals surface area (Å²) in [7, 11) is 0. The molecule has 0 radical (unpaired) electrons. The number of rotatable bonds is 1. The quantitative estimate of drug-likeness (QED) is 0.734. The predicted octanol–water partition coefficient (Wildman–Crippen LogP) is 4.35. The zero-order chi connectivity index (χ0) is 13.6. The van der Waals surface area contributed by atoms with E-state index in [-0.39, 0.29) is 17.0 Å². The standard InChI is InChI=1S/C13H19F3N2/c1-9-8-17-18(11(9)13(14,15)16)10-4-6-12(2,3)7-5-10/h8,10H,4-7H2,1-3H3. The average molecular weight is 260 g/mol. The molecule has 0 unspecified atom stereocenters. The largest absolute Gasteiger partial charge is 0.433 e. The summed E-state index contributed by atoms with van der Waals surface area (Å²) in [5.74, 6) is 0. The lowest BCUT2D eigenvalue weighted by Crippen LogP contribution is -2.27. The second kappa shape index (κ2) is 4.28. The van der Waals surface area contributed by atoms with Gasteiger partial charge in [-0.25, -0.2) is 0 Å². The lowest BCUT2D eigenvalue weighted by Gasteiger charge is -2.35. The molecule has 2 rings (SSSR count). The molecule has 5 heteroatoms. The third-order valence-corrected chi connectivity index (χ3v) is 3.90. The van der Waals surface area contributed by atoms with Crippen molar-refractivity contribution in [3.63, 3.8) is 0 Å². The van der Waals surface area contributed by atoms with Gasteiger partial charge in [0, 0.05) is 0 Å². The number of aryl methyl sites for hydroxylation is 1. The van der Waals surface area contributed by atoms with E-state index in [1.54, 1.807) is 0 Å². The number of hydrogen-bond acceptors (Lipinski definition) is 1. The Morgan fingerprint density at radius 1 is 1.28 bits per heavy atom. The highest BCUT2D eigenvalue weighted by atomic mass is 19.4. The highest BCUT2D eigenvalue weighted by molar-refractivity contribution is 5.19. The van der Waals surface area contributed by atoms with Crippen molar-refractivity contribution in [3.05, 3.63) is 17.5 Å². The van der Waals surface area contributed by atoms with E-state index in [9.17, 15) is 13.2 Å². The second-order valence-corrected chi connectivity index (χ2v) is 6.01. The fourth-order valence-electron chi connectivity index (χ4n) is 2.71. The Morgan fingerprint density at radius 2 is 1.83 bits per heavy atom. The normalized spacial score (nSPS) is 21.2. The minimum absolute atomic E-state index is 0.108. The van der Waals surface area contributed by atoms with Gasteiger partial charge in [-0.15, -0.1) is 0 Å². The summed E-state index contributed by atoms with van der Waals surface area (Å²) in [6.45, 7) is 5.81. The molecule has 0 atom stereocenters. The van der Waals surface area contributed by atoms with E-state index in [1.807, 2.05) is 0 Å². The first-order valence-electron chi connectivity index (χ1n) is 6.32. The van der Waals surface area contributed by atoms with Crippen molar-refractivity contribution in [1.29, 1.82) is 0 Å². The molecule has 1 aliphatic rings. The van der Waals surface area contributed by atoms with Crippen molar-refractivity contribution >= 4 is 0 Å². The average Bonchev–Trinajstić information content (AvgIpc) is 2.59. The number of hydrogen-bond donors (Lipinski definition) is 0. The number of aromatic nitrogens is 2. The van der Waals surface area contributed by atoms with Crippen LogP contribution >= 0.6 is 0 Å². The lowest BCUT2D eigenvalue weighted by atomic mass is 9.75. The van der Waals surface area contributed by atoms with E-state index >= 15 is 0 Å².